The summed E-state index contributed by atoms with van der Waals surface area (Å²) in [6.07, 6.45) is 2.23. The monoisotopic (exact) mass is 363 g/mol. The smallest absolute Gasteiger partial charge is 0.325 e. The molecule has 27 heavy (non-hydrogen) atoms. The zero-order valence-corrected chi connectivity index (χ0v) is 14.9. The average molecular weight is 363 g/mol. The largest absolute Gasteiger partial charge is 0.352 e. The predicted molar refractivity (Wildman–Crippen MR) is 99.7 cm³/mol. The van der Waals surface area contributed by atoms with E-state index in [0.717, 1.165) is 23.3 Å². The second-order valence-electron chi connectivity index (χ2n) is 7.10. The van der Waals surface area contributed by atoms with E-state index in [9.17, 15) is 14.4 Å². The van der Waals surface area contributed by atoms with E-state index in [0.29, 0.717) is 12.0 Å². The van der Waals surface area contributed by atoms with Gasteiger partial charge in [-0.05, 0) is 24.0 Å². The normalized spacial score (nSPS) is 21.9. The van der Waals surface area contributed by atoms with Crippen LogP contribution in [0.5, 0.6) is 0 Å². The number of hydrogen-bond acceptors (Lipinski definition) is 3. The zero-order chi connectivity index (χ0) is 18.9. The van der Waals surface area contributed by atoms with Gasteiger partial charge >= 0.3 is 6.03 Å². The molecule has 1 saturated heterocycles. The summed E-state index contributed by atoms with van der Waals surface area (Å²) in [7, 11) is 0. The third-order valence-electron chi connectivity index (χ3n) is 5.00. The van der Waals surface area contributed by atoms with Gasteiger partial charge in [-0.1, -0.05) is 60.7 Å². The number of nitrogens with one attached hydrogen (secondary N) is 2. The number of urea groups is 1. The molecule has 4 amide bonds. The number of imide groups is 1. The summed E-state index contributed by atoms with van der Waals surface area (Å²) in [4.78, 5) is 39.1. The minimum Gasteiger partial charge on any atom is -0.352 e. The van der Waals surface area contributed by atoms with Crippen molar-refractivity contribution in [3.63, 3.8) is 0 Å². The summed E-state index contributed by atoms with van der Waals surface area (Å²) in [6, 6.07) is 18.4. The van der Waals surface area contributed by atoms with Crippen LogP contribution in [0.1, 0.15) is 24.0 Å². The van der Waals surface area contributed by atoms with Crippen LogP contribution in [0.2, 0.25) is 0 Å². The van der Waals surface area contributed by atoms with Crippen LogP contribution in [0.4, 0.5) is 4.79 Å². The number of carbonyl (C=O) groups is 3. The van der Waals surface area contributed by atoms with E-state index in [2.05, 4.69) is 10.6 Å². The SMILES string of the molecule is O=C(CN1C(=O)NC(Cc2ccccc2)(c2ccccc2)C1=O)NC1CC1. The molecule has 0 aromatic heterocycles. The Morgan fingerprint density at radius 1 is 1.04 bits per heavy atom. The van der Waals surface area contributed by atoms with Crippen LogP contribution >= 0.6 is 0 Å². The fraction of sp³-hybridized carbons (Fsp3) is 0.286. The molecule has 1 saturated carbocycles. The van der Waals surface area contributed by atoms with E-state index in [4.69, 9.17) is 0 Å². The fourth-order valence-corrected chi connectivity index (χ4v) is 3.46. The maximum atomic E-state index is 13.3. The highest BCUT2D eigenvalue weighted by molar-refractivity contribution is 6.09. The van der Waals surface area contributed by atoms with Crippen LogP contribution in [0.15, 0.2) is 60.7 Å². The average Bonchev–Trinajstić information content (AvgIpc) is 3.46. The Labute approximate surface area is 157 Å². The van der Waals surface area contributed by atoms with Crippen LogP contribution in [-0.2, 0) is 21.5 Å². The lowest BCUT2D eigenvalue weighted by atomic mass is 9.83. The quantitative estimate of drug-likeness (QED) is 0.770. The van der Waals surface area contributed by atoms with E-state index >= 15 is 0 Å². The highest BCUT2D eigenvalue weighted by Gasteiger charge is 2.52. The van der Waals surface area contributed by atoms with E-state index in [-0.39, 0.29) is 18.5 Å². The Morgan fingerprint density at radius 2 is 1.67 bits per heavy atom. The van der Waals surface area contributed by atoms with Gasteiger partial charge in [-0.3, -0.25) is 14.5 Å². The summed E-state index contributed by atoms with van der Waals surface area (Å²) in [5.74, 6) is -0.696. The minimum atomic E-state index is -1.21. The van der Waals surface area contributed by atoms with Crippen LogP contribution in [0, 0.1) is 0 Å². The molecule has 2 aliphatic rings. The molecule has 1 heterocycles. The Bertz CT molecular complexity index is 865. The number of nitrogens with zero attached hydrogens (tertiary/aromatic N) is 1. The van der Waals surface area contributed by atoms with Gasteiger partial charge < -0.3 is 10.6 Å². The molecule has 2 aromatic carbocycles. The van der Waals surface area contributed by atoms with Crippen molar-refractivity contribution in [1.82, 2.24) is 15.5 Å². The molecule has 2 aromatic rings. The van der Waals surface area contributed by atoms with Gasteiger partial charge in [0.15, 0.2) is 5.54 Å². The maximum absolute atomic E-state index is 13.3. The Kier molecular flexibility index (Phi) is 4.39. The predicted octanol–water partition coefficient (Wildman–Crippen LogP) is 1.95. The van der Waals surface area contributed by atoms with Crippen molar-refractivity contribution in [3.8, 4) is 0 Å². The molecule has 1 aliphatic carbocycles. The van der Waals surface area contributed by atoms with Crippen molar-refractivity contribution in [1.29, 1.82) is 0 Å². The van der Waals surface area contributed by atoms with Crippen LogP contribution < -0.4 is 10.6 Å². The molecule has 1 atom stereocenters. The first-order chi connectivity index (χ1) is 13.1. The molecule has 2 fully saturated rings. The molecular weight excluding hydrogens is 342 g/mol. The molecule has 0 bridgehead atoms. The van der Waals surface area contributed by atoms with Crippen molar-refractivity contribution >= 4 is 17.8 Å². The van der Waals surface area contributed by atoms with Crippen molar-refractivity contribution in [2.24, 2.45) is 0 Å². The second kappa shape index (κ2) is 6.87. The molecule has 0 radical (unpaired) electrons. The van der Waals surface area contributed by atoms with Gasteiger partial charge in [0.2, 0.25) is 5.91 Å². The molecule has 4 rings (SSSR count). The molecule has 0 spiro atoms. The van der Waals surface area contributed by atoms with Gasteiger partial charge in [-0.25, -0.2) is 4.79 Å². The number of hydrogen-bond donors (Lipinski definition) is 2. The first-order valence-electron chi connectivity index (χ1n) is 9.11. The van der Waals surface area contributed by atoms with Gasteiger partial charge in [-0.2, -0.15) is 0 Å². The van der Waals surface area contributed by atoms with E-state index in [1.165, 1.54) is 0 Å². The van der Waals surface area contributed by atoms with Gasteiger partial charge in [0, 0.05) is 12.5 Å². The van der Waals surface area contributed by atoms with Crippen LogP contribution in [0.25, 0.3) is 0 Å². The Morgan fingerprint density at radius 3 is 2.30 bits per heavy atom. The van der Waals surface area contributed by atoms with Crippen LogP contribution in [-0.4, -0.2) is 35.3 Å². The maximum Gasteiger partial charge on any atom is 0.325 e. The number of carbonyl (C=O) groups excluding carboxylic acids is 3. The van der Waals surface area contributed by atoms with Gasteiger partial charge in [0.25, 0.3) is 5.91 Å². The van der Waals surface area contributed by atoms with E-state index < -0.39 is 17.5 Å². The zero-order valence-electron chi connectivity index (χ0n) is 14.9. The summed E-state index contributed by atoms with van der Waals surface area (Å²) in [5.41, 5.74) is 0.427. The summed E-state index contributed by atoms with van der Waals surface area (Å²) < 4.78 is 0. The van der Waals surface area contributed by atoms with Crippen LogP contribution in [0.3, 0.4) is 0 Å². The van der Waals surface area contributed by atoms with Crippen molar-refractivity contribution in [2.45, 2.75) is 30.8 Å². The molecule has 1 aliphatic heterocycles. The van der Waals surface area contributed by atoms with Crippen molar-refractivity contribution < 1.29 is 14.4 Å². The first-order valence-corrected chi connectivity index (χ1v) is 9.11. The number of amides is 4. The third-order valence-corrected chi connectivity index (χ3v) is 5.00. The summed E-state index contributed by atoms with van der Waals surface area (Å²) in [5, 5.41) is 5.69. The first kappa shape index (κ1) is 17.3. The summed E-state index contributed by atoms with van der Waals surface area (Å²) >= 11 is 0. The topological polar surface area (TPSA) is 78.5 Å². The molecule has 1 unspecified atom stereocenters. The highest BCUT2D eigenvalue weighted by atomic mass is 16.2. The Balaban J connectivity index is 1.65. The summed E-state index contributed by atoms with van der Waals surface area (Å²) in [6.45, 7) is -0.259. The molecule has 6 nitrogen and oxygen atoms in total. The van der Waals surface area contributed by atoms with Gasteiger partial charge in [0.1, 0.15) is 6.54 Å². The number of rotatable bonds is 6. The highest BCUT2D eigenvalue weighted by Crippen LogP contribution is 2.33. The lowest BCUT2D eigenvalue weighted by Crippen LogP contribution is -2.47. The molecule has 6 heteroatoms. The minimum absolute atomic E-state index is 0.182. The molecule has 138 valence electrons. The second-order valence-corrected chi connectivity index (χ2v) is 7.10. The number of benzene rings is 2. The van der Waals surface area contributed by atoms with Gasteiger partial charge in [0.05, 0.1) is 0 Å². The third kappa shape index (κ3) is 3.43. The van der Waals surface area contributed by atoms with Gasteiger partial charge in [-0.15, -0.1) is 0 Å². The van der Waals surface area contributed by atoms with E-state index in [1.54, 1.807) is 0 Å². The van der Waals surface area contributed by atoms with Crippen molar-refractivity contribution in [2.75, 3.05) is 6.54 Å². The lowest BCUT2D eigenvalue weighted by Gasteiger charge is -2.27. The Hall–Kier alpha value is -3.15. The molecular formula is C21H21N3O3. The molecule has 2 N–H and O–H groups in total. The van der Waals surface area contributed by atoms with Crippen molar-refractivity contribution in [3.05, 3.63) is 71.8 Å². The van der Waals surface area contributed by atoms with E-state index in [1.807, 2.05) is 60.7 Å². The lowest BCUT2D eigenvalue weighted by molar-refractivity contribution is -0.135. The fourth-order valence-electron chi connectivity index (χ4n) is 3.46. The standard InChI is InChI=1S/C21H21N3O3/c25-18(22-17-11-12-17)14-24-19(26)21(23-20(24)27,16-9-5-2-6-10-16)13-15-7-3-1-4-8-15/h1-10,17H,11-14H2,(H,22,25)(H,23,27).